The molecule has 186 valence electrons. The lowest BCUT2D eigenvalue weighted by Crippen LogP contribution is -2.48. The van der Waals surface area contributed by atoms with E-state index in [4.69, 9.17) is 21.6 Å². The van der Waals surface area contributed by atoms with E-state index in [0.29, 0.717) is 50.4 Å². The Hall–Kier alpha value is -2.87. The molecule has 1 aromatic heterocycles. The largest absolute Gasteiger partial charge is 0.353 e. The quantitative estimate of drug-likeness (QED) is 0.632. The van der Waals surface area contributed by atoms with Gasteiger partial charge in [-0.2, -0.15) is 4.98 Å². The predicted molar refractivity (Wildman–Crippen MR) is 137 cm³/mol. The molecule has 9 heteroatoms. The van der Waals surface area contributed by atoms with Crippen LogP contribution >= 0.6 is 11.6 Å². The second-order valence-corrected chi connectivity index (χ2v) is 10.5. The minimum Gasteiger partial charge on any atom is -0.353 e. The van der Waals surface area contributed by atoms with Crippen molar-refractivity contribution in [3.05, 3.63) is 46.1 Å². The fourth-order valence-corrected chi connectivity index (χ4v) is 5.52. The van der Waals surface area contributed by atoms with Gasteiger partial charge in [0, 0.05) is 62.3 Å². The first-order chi connectivity index (χ1) is 16.8. The molecule has 0 bridgehead atoms. The summed E-state index contributed by atoms with van der Waals surface area (Å²) in [7, 11) is 0. The molecular formula is C26H33ClN6O2. The van der Waals surface area contributed by atoms with Crippen molar-refractivity contribution in [3.63, 3.8) is 0 Å². The van der Waals surface area contributed by atoms with Crippen molar-refractivity contribution in [2.75, 3.05) is 42.5 Å². The van der Waals surface area contributed by atoms with Crippen LogP contribution in [-0.2, 0) is 17.8 Å². The summed E-state index contributed by atoms with van der Waals surface area (Å²) in [5.41, 5.74) is 2.72. The van der Waals surface area contributed by atoms with E-state index in [9.17, 15) is 9.59 Å². The number of hydrogen-bond donors (Lipinski definition) is 0. The molecule has 1 aromatic carbocycles. The average Bonchev–Trinajstić information content (AvgIpc) is 3.44. The molecule has 2 saturated heterocycles. The van der Waals surface area contributed by atoms with Gasteiger partial charge in [0.15, 0.2) is 0 Å². The minimum absolute atomic E-state index is 0.0179. The zero-order valence-electron chi connectivity index (χ0n) is 20.7. The molecule has 0 radical (unpaired) electrons. The Morgan fingerprint density at radius 3 is 2.46 bits per heavy atom. The second-order valence-electron chi connectivity index (χ2n) is 10.0. The monoisotopic (exact) mass is 496 g/mol. The highest BCUT2D eigenvalue weighted by Gasteiger charge is 2.38. The molecule has 0 saturated carbocycles. The van der Waals surface area contributed by atoms with E-state index in [2.05, 4.69) is 21.9 Å². The Morgan fingerprint density at radius 2 is 1.80 bits per heavy atom. The van der Waals surface area contributed by atoms with Crippen molar-refractivity contribution >= 4 is 35.2 Å². The number of benzene rings is 1. The Labute approximate surface area is 211 Å². The number of fused-ring (bicyclic) bond motifs is 1. The highest BCUT2D eigenvalue weighted by atomic mass is 35.5. The van der Waals surface area contributed by atoms with Crippen LogP contribution in [0.5, 0.6) is 0 Å². The first kappa shape index (κ1) is 23.9. The lowest BCUT2D eigenvalue weighted by Gasteiger charge is -2.35. The van der Waals surface area contributed by atoms with Gasteiger partial charge in [0.25, 0.3) is 5.91 Å². The van der Waals surface area contributed by atoms with Gasteiger partial charge in [-0.1, -0.05) is 23.7 Å². The number of halogens is 1. The van der Waals surface area contributed by atoms with Crippen molar-refractivity contribution in [1.29, 1.82) is 0 Å². The molecule has 5 rings (SSSR count). The normalized spacial score (nSPS) is 20.3. The first-order valence-electron chi connectivity index (χ1n) is 12.5. The van der Waals surface area contributed by atoms with Gasteiger partial charge in [-0.05, 0) is 50.8 Å². The molecule has 0 N–H and O–H groups in total. The number of anilines is 2. The highest BCUT2D eigenvalue weighted by Crippen LogP contribution is 2.36. The first-order valence-corrected chi connectivity index (χ1v) is 12.9. The van der Waals surface area contributed by atoms with Gasteiger partial charge in [0.1, 0.15) is 11.5 Å². The number of amides is 2. The summed E-state index contributed by atoms with van der Waals surface area (Å²) in [5.74, 6) is 1.56. The number of hydrogen-bond acceptors (Lipinski definition) is 6. The second kappa shape index (κ2) is 9.64. The van der Waals surface area contributed by atoms with Gasteiger partial charge < -0.3 is 19.6 Å². The summed E-state index contributed by atoms with van der Waals surface area (Å²) >= 11 is 6.10. The van der Waals surface area contributed by atoms with Crippen molar-refractivity contribution in [2.24, 2.45) is 0 Å². The zero-order valence-corrected chi connectivity index (χ0v) is 21.5. The van der Waals surface area contributed by atoms with Crippen LogP contribution in [0.15, 0.2) is 24.3 Å². The SMILES string of the molecule is CC(=O)N1CCN(c2nc3c(c(N4CCCC4Cc4ccc(Cl)cc4)n2)CN(C(C)C)C3=O)CC1. The molecule has 2 amide bonds. The van der Waals surface area contributed by atoms with Crippen LogP contribution in [0.4, 0.5) is 11.8 Å². The lowest BCUT2D eigenvalue weighted by molar-refractivity contribution is -0.129. The van der Waals surface area contributed by atoms with Crippen LogP contribution in [0.1, 0.15) is 55.2 Å². The van der Waals surface area contributed by atoms with E-state index in [0.717, 1.165) is 42.2 Å². The van der Waals surface area contributed by atoms with Gasteiger partial charge in [-0.25, -0.2) is 4.98 Å². The van der Waals surface area contributed by atoms with E-state index in [1.807, 2.05) is 35.8 Å². The van der Waals surface area contributed by atoms with Crippen LogP contribution < -0.4 is 9.80 Å². The summed E-state index contributed by atoms with van der Waals surface area (Å²) in [5, 5.41) is 0.743. The smallest absolute Gasteiger partial charge is 0.273 e. The van der Waals surface area contributed by atoms with E-state index < -0.39 is 0 Å². The molecule has 35 heavy (non-hydrogen) atoms. The van der Waals surface area contributed by atoms with Crippen molar-refractivity contribution in [3.8, 4) is 0 Å². The van der Waals surface area contributed by atoms with Gasteiger partial charge in [0.2, 0.25) is 11.9 Å². The molecule has 0 spiro atoms. The van der Waals surface area contributed by atoms with Crippen LogP contribution in [0.25, 0.3) is 0 Å². The summed E-state index contributed by atoms with van der Waals surface area (Å²) < 4.78 is 0. The van der Waals surface area contributed by atoms with Crippen LogP contribution in [0.3, 0.4) is 0 Å². The van der Waals surface area contributed by atoms with Gasteiger partial charge in [-0.15, -0.1) is 0 Å². The van der Waals surface area contributed by atoms with Crippen molar-refractivity contribution in [1.82, 2.24) is 19.8 Å². The molecule has 4 heterocycles. The Balaban J connectivity index is 1.48. The maximum absolute atomic E-state index is 13.3. The molecule has 1 unspecified atom stereocenters. The standard InChI is InChI=1S/C26H33ClN6O2/c1-17(2)33-16-22-23(25(33)35)28-26(31-13-11-30(12-14-31)18(3)34)29-24(22)32-10-4-5-21(32)15-19-6-8-20(27)9-7-19/h6-9,17,21H,4-5,10-16H2,1-3H3. The van der Waals surface area contributed by atoms with Crippen LogP contribution in [0.2, 0.25) is 5.02 Å². The van der Waals surface area contributed by atoms with Crippen LogP contribution in [-0.4, -0.2) is 76.4 Å². The van der Waals surface area contributed by atoms with Gasteiger partial charge >= 0.3 is 0 Å². The summed E-state index contributed by atoms with van der Waals surface area (Å²) in [4.78, 5) is 43.2. The van der Waals surface area contributed by atoms with Crippen molar-refractivity contribution < 1.29 is 9.59 Å². The molecule has 3 aliphatic heterocycles. The van der Waals surface area contributed by atoms with Gasteiger partial charge in [0.05, 0.1) is 6.54 Å². The maximum atomic E-state index is 13.3. The Kier molecular flexibility index (Phi) is 6.57. The van der Waals surface area contributed by atoms with Crippen LogP contribution in [0, 0.1) is 0 Å². The average molecular weight is 497 g/mol. The summed E-state index contributed by atoms with van der Waals surface area (Å²) in [6.07, 6.45) is 3.08. The number of carbonyl (C=O) groups excluding carboxylic acids is 2. The molecule has 1 atom stereocenters. The lowest BCUT2D eigenvalue weighted by atomic mass is 10.0. The third-order valence-corrected chi connectivity index (χ3v) is 7.68. The number of carbonyl (C=O) groups is 2. The number of rotatable bonds is 5. The molecular weight excluding hydrogens is 464 g/mol. The molecule has 2 fully saturated rings. The molecule has 2 aromatic rings. The summed E-state index contributed by atoms with van der Waals surface area (Å²) in [6, 6.07) is 8.46. The highest BCUT2D eigenvalue weighted by molar-refractivity contribution is 6.30. The third kappa shape index (κ3) is 4.68. The van der Waals surface area contributed by atoms with E-state index in [1.165, 1.54) is 5.56 Å². The molecule has 0 aliphatic carbocycles. The maximum Gasteiger partial charge on any atom is 0.273 e. The number of piperazine rings is 1. The Morgan fingerprint density at radius 1 is 1.09 bits per heavy atom. The number of nitrogens with zero attached hydrogens (tertiary/aromatic N) is 6. The predicted octanol–water partition coefficient (Wildman–Crippen LogP) is 3.37. The fraction of sp³-hybridized carbons (Fsp3) is 0.538. The number of aromatic nitrogens is 2. The van der Waals surface area contributed by atoms with Crippen molar-refractivity contribution in [2.45, 2.75) is 58.7 Å². The molecule has 3 aliphatic rings. The minimum atomic E-state index is -0.0179. The van der Waals surface area contributed by atoms with E-state index >= 15 is 0 Å². The third-order valence-electron chi connectivity index (χ3n) is 7.43. The van der Waals surface area contributed by atoms with E-state index in [1.54, 1.807) is 6.92 Å². The Bertz CT molecular complexity index is 1110. The fourth-order valence-electron chi connectivity index (χ4n) is 5.40. The summed E-state index contributed by atoms with van der Waals surface area (Å²) in [6.45, 7) is 9.74. The zero-order chi connectivity index (χ0) is 24.7. The van der Waals surface area contributed by atoms with Gasteiger partial charge in [-0.3, -0.25) is 9.59 Å². The topological polar surface area (TPSA) is 72.9 Å². The van der Waals surface area contributed by atoms with E-state index in [-0.39, 0.29) is 17.9 Å². The molecule has 8 nitrogen and oxygen atoms in total.